The number of imidazole rings is 1. The Kier molecular flexibility index (Phi) is 5.79. The summed E-state index contributed by atoms with van der Waals surface area (Å²) in [6, 6.07) is 10.1. The Balaban J connectivity index is 1.68. The van der Waals surface area contributed by atoms with E-state index in [1.165, 1.54) is 51.4 Å². The first kappa shape index (κ1) is 20.3. The first-order valence-electron chi connectivity index (χ1n) is 12.0. The molecule has 164 valence electrons. The molecule has 0 aliphatic heterocycles. The highest BCUT2D eigenvalue weighted by molar-refractivity contribution is 5.76. The van der Waals surface area contributed by atoms with E-state index in [4.69, 9.17) is 4.98 Å². The molecule has 1 N–H and O–H groups in total. The Morgan fingerprint density at radius 1 is 0.806 bits per heavy atom. The SMILES string of the molecule is O=c1[nH]c(=O)n(CC2CCCCC2)c2c1nc(-c1ccccc1)n2CC1CCCCC1. The number of fused-ring (bicyclic) bond motifs is 1. The number of aromatic nitrogens is 4. The summed E-state index contributed by atoms with van der Waals surface area (Å²) in [5.74, 6) is 1.85. The Morgan fingerprint density at radius 2 is 1.39 bits per heavy atom. The zero-order valence-corrected chi connectivity index (χ0v) is 18.2. The molecule has 6 nitrogen and oxygen atoms in total. The molecule has 2 fully saturated rings. The minimum absolute atomic E-state index is 0.299. The van der Waals surface area contributed by atoms with Gasteiger partial charge >= 0.3 is 5.69 Å². The molecule has 0 saturated heterocycles. The molecule has 0 radical (unpaired) electrons. The minimum atomic E-state index is -0.375. The monoisotopic (exact) mass is 420 g/mol. The Labute approximate surface area is 182 Å². The fourth-order valence-electron chi connectivity index (χ4n) is 5.60. The summed E-state index contributed by atoms with van der Waals surface area (Å²) < 4.78 is 4.00. The molecule has 6 heteroatoms. The summed E-state index contributed by atoms with van der Waals surface area (Å²) in [5, 5.41) is 0. The number of nitrogens with zero attached hydrogens (tertiary/aromatic N) is 3. The molecule has 2 aromatic heterocycles. The molecule has 2 aliphatic rings. The summed E-state index contributed by atoms with van der Waals surface area (Å²) in [4.78, 5) is 33.1. The fraction of sp³-hybridized carbons (Fsp3) is 0.560. The lowest BCUT2D eigenvalue weighted by Crippen LogP contribution is -2.34. The van der Waals surface area contributed by atoms with Crippen molar-refractivity contribution in [3.05, 3.63) is 51.2 Å². The second kappa shape index (κ2) is 8.85. The van der Waals surface area contributed by atoms with E-state index >= 15 is 0 Å². The number of rotatable bonds is 5. The van der Waals surface area contributed by atoms with Gasteiger partial charge in [-0.1, -0.05) is 68.9 Å². The summed E-state index contributed by atoms with van der Waals surface area (Å²) in [7, 11) is 0. The van der Waals surface area contributed by atoms with Crippen molar-refractivity contribution in [1.82, 2.24) is 19.1 Å². The third-order valence-corrected chi connectivity index (χ3v) is 7.24. The quantitative estimate of drug-likeness (QED) is 0.649. The Bertz CT molecular complexity index is 1150. The van der Waals surface area contributed by atoms with Crippen LogP contribution in [0.2, 0.25) is 0 Å². The largest absolute Gasteiger partial charge is 0.330 e. The summed E-state index contributed by atoms with van der Waals surface area (Å²) in [6.45, 7) is 1.48. The van der Waals surface area contributed by atoms with Crippen LogP contribution >= 0.6 is 0 Å². The molecule has 1 aromatic carbocycles. The van der Waals surface area contributed by atoms with Crippen LogP contribution in [0, 0.1) is 11.8 Å². The molecule has 3 aromatic rings. The van der Waals surface area contributed by atoms with E-state index < -0.39 is 0 Å². The third-order valence-electron chi connectivity index (χ3n) is 7.24. The lowest BCUT2D eigenvalue weighted by molar-refractivity contribution is 0.309. The van der Waals surface area contributed by atoms with Gasteiger partial charge in [-0.15, -0.1) is 0 Å². The van der Waals surface area contributed by atoms with Gasteiger partial charge in [0, 0.05) is 18.7 Å². The lowest BCUT2D eigenvalue weighted by atomic mass is 9.89. The van der Waals surface area contributed by atoms with Crippen LogP contribution in [0.25, 0.3) is 22.6 Å². The molecular formula is C25H32N4O2. The van der Waals surface area contributed by atoms with Crippen LogP contribution in [-0.2, 0) is 13.1 Å². The molecule has 2 saturated carbocycles. The molecule has 2 heterocycles. The number of H-pyrrole nitrogens is 1. The van der Waals surface area contributed by atoms with Crippen molar-refractivity contribution in [2.75, 3.05) is 0 Å². The zero-order valence-electron chi connectivity index (χ0n) is 18.2. The van der Waals surface area contributed by atoms with Crippen LogP contribution in [0.3, 0.4) is 0 Å². The maximum absolute atomic E-state index is 13.0. The maximum Gasteiger partial charge on any atom is 0.330 e. The van der Waals surface area contributed by atoms with Gasteiger partial charge in [0.1, 0.15) is 5.82 Å². The predicted octanol–water partition coefficient (Wildman–Crippen LogP) is 4.71. The number of benzene rings is 1. The molecule has 0 spiro atoms. The number of hydrogen-bond donors (Lipinski definition) is 1. The van der Waals surface area contributed by atoms with Gasteiger partial charge in [-0.05, 0) is 37.5 Å². The van der Waals surface area contributed by atoms with Gasteiger partial charge in [-0.25, -0.2) is 9.78 Å². The predicted molar refractivity (Wildman–Crippen MR) is 123 cm³/mol. The molecule has 0 amide bonds. The van der Waals surface area contributed by atoms with Crippen LogP contribution in [0.5, 0.6) is 0 Å². The second-order valence-electron chi connectivity index (χ2n) is 9.46. The van der Waals surface area contributed by atoms with Crippen LogP contribution in [0.1, 0.15) is 64.2 Å². The first-order valence-corrected chi connectivity index (χ1v) is 12.0. The molecule has 2 aliphatic carbocycles. The smallest absolute Gasteiger partial charge is 0.310 e. The lowest BCUT2D eigenvalue weighted by Gasteiger charge is -2.25. The van der Waals surface area contributed by atoms with E-state index in [0.29, 0.717) is 29.5 Å². The van der Waals surface area contributed by atoms with E-state index in [1.54, 1.807) is 0 Å². The van der Waals surface area contributed by atoms with Crippen molar-refractivity contribution in [1.29, 1.82) is 0 Å². The molecule has 31 heavy (non-hydrogen) atoms. The Hall–Kier alpha value is -2.63. The van der Waals surface area contributed by atoms with Crippen LogP contribution in [0.4, 0.5) is 0 Å². The van der Waals surface area contributed by atoms with Gasteiger partial charge in [0.15, 0.2) is 11.2 Å². The fourth-order valence-corrected chi connectivity index (χ4v) is 5.60. The summed E-state index contributed by atoms with van der Waals surface area (Å²) >= 11 is 0. The van der Waals surface area contributed by atoms with E-state index in [1.807, 2.05) is 34.9 Å². The summed E-state index contributed by atoms with van der Waals surface area (Å²) in [5.41, 5.74) is 1.42. The average molecular weight is 421 g/mol. The van der Waals surface area contributed by atoms with E-state index in [-0.39, 0.29) is 11.2 Å². The zero-order chi connectivity index (χ0) is 21.2. The summed E-state index contributed by atoms with van der Waals surface area (Å²) in [6.07, 6.45) is 12.2. The topological polar surface area (TPSA) is 72.7 Å². The minimum Gasteiger partial charge on any atom is -0.310 e. The first-order chi connectivity index (χ1) is 15.2. The Morgan fingerprint density at radius 3 is 2.00 bits per heavy atom. The molecule has 0 bridgehead atoms. The van der Waals surface area contributed by atoms with Crippen molar-refractivity contribution in [2.45, 2.75) is 77.3 Å². The van der Waals surface area contributed by atoms with Gasteiger partial charge < -0.3 is 4.57 Å². The molecule has 0 atom stereocenters. The van der Waals surface area contributed by atoms with Crippen LogP contribution in [0.15, 0.2) is 39.9 Å². The third kappa shape index (κ3) is 4.12. The van der Waals surface area contributed by atoms with Gasteiger partial charge in [0.2, 0.25) is 0 Å². The van der Waals surface area contributed by atoms with Gasteiger partial charge in [0.05, 0.1) is 0 Å². The maximum atomic E-state index is 13.0. The van der Waals surface area contributed by atoms with Crippen molar-refractivity contribution in [3.63, 3.8) is 0 Å². The standard InChI is InChI=1S/C25H32N4O2/c30-23-21-24(29(25(31)27-23)17-19-12-6-2-7-13-19)28(16-18-10-4-1-5-11-18)22(26-21)20-14-8-3-9-15-20/h3,8-9,14-15,18-19H,1-2,4-7,10-13,16-17H2,(H,27,30,31). The van der Waals surface area contributed by atoms with Crippen LogP contribution < -0.4 is 11.2 Å². The average Bonchev–Trinajstić information content (AvgIpc) is 3.18. The van der Waals surface area contributed by atoms with Crippen molar-refractivity contribution in [3.8, 4) is 11.4 Å². The molecule has 0 unspecified atom stereocenters. The van der Waals surface area contributed by atoms with Crippen molar-refractivity contribution < 1.29 is 0 Å². The van der Waals surface area contributed by atoms with Crippen molar-refractivity contribution in [2.24, 2.45) is 11.8 Å². The highest BCUT2D eigenvalue weighted by atomic mass is 16.2. The van der Waals surface area contributed by atoms with Crippen molar-refractivity contribution >= 4 is 11.2 Å². The number of aromatic amines is 1. The van der Waals surface area contributed by atoms with E-state index in [9.17, 15) is 9.59 Å². The van der Waals surface area contributed by atoms with Crippen LogP contribution in [-0.4, -0.2) is 19.1 Å². The van der Waals surface area contributed by atoms with Gasteiger partial charge in [-0.3, -0.25) is 14.3 Å². The second-order valence-corrected chi connectivity index (χ2v) is 9.46. The number of nitrogens with one attached hydrogen (secondary N) is 1. The van der Waals surface area contributed by atoms with E-state index in [2.05, 4.69) is 9.55 Å². The molecule has 5 rings (SSSR count). The highest BCUT2D eigenvalue weighted by Gasteiger charge is 2.24. The van der Waals surface area contributed by atoms with Gasteiger partial charge in [0.25, 0.3) is 5.56 Å². The number of hydrogen-bond acceptors (Lipinski definition) is 3. The normalized spacial score (nSPS) is 18.6. The van der Waals surface area contributed by atoms with E-state index in [0.717, 1.165) is 30.8 Å². The molecular weight excluding hydrogens is 388 g/mol. The van der Waals surface area contributed by atoms with Gasteiger partial charge in [-0.2, -0.15) is 0 Å². The highest BCUT2D eigenvalue weighted by Crippen LogP contribution is 2.31.